The zero-order chi connectivity index (χ0) is 14.6. The Kier molecular flexibility index (Phi) is 4.90. The Morgan fingerprint density at radius 2 is 1.89 bits per heavy atom. The van der Waals surface area contributed by atoms with Crippen molar-refractivity contribution in [2.24, 2.45) is 5.73 Å². The molecule has 0 fully saturated rings. The van der Waals surface area contributed by atoms with Crippen molar-refractivity contribution in [2.75, 3.05) is 12.3 Å². The molecule has 0 saturated heterocycles. The summed E-state index contributed by atoms with van der Waals surface area (Å²) in [5.74, 6) is -0.927. The van der Waals surface area contributed by atoms with Crippen molar-refractivity contribution in [3.05, 3.63) is 29.8 Å². The van der Waals surface area contributed by atoms with Crippen LogP contribution in [0.25, 0.3) is 0 Å². The van der Waals surface area contributed by atoms with Gasteiger partial charge in [0.15, 0.2) is 0 Å². The number of benzene rings is 1. The van der Waals surface area contributed by atoms with Gasteiger partial charge >= 0.3 is 0 Å². The molecule has 1 aromatic carbocycles. The van der Waals surface area contributed by atoms with E-state index in [2.05, 4.69) is 0 Å². The topological polar surface area (TPSA) is 106 Å². The zero-order valence-corrected chi connectivity index (χ0v) is 11.9. The van der Waals surface area contributed by atoms with Crippen molar-refractivity contribution in [1.82, 2.24) is 4.31 Å². The van der Waals surface area contributed by atoms with Gasteiger partial charge < -0.3 is 11.5 Å². The molecular formula is C12H19N3O3S. The molecule has 0 atom stereocenters. The smallest absolute Gasteiger partial charge is 0.232 e. The highest BCUT2D eigenvalue weighted by Gasteiger charge is 2.27. The SMILES string of the molecule is CC(C)N(CC(N)=O)S(=O)(=O)Cc1ccccc1N. The van der Waals surface area contributed by atoms with E-state index in [9.17, 15) is 13.2 Å². The van der Waals surface area contributed by atoms with Crippen LogP contribution >= 0.6 is 0 Å². The molecule has 0 heterocycles. The first kappa shape index (κ1) is 15.5. The summed E-state index contributed by atoms with van der Waals surface area (Å²) in [5.41, 5.74) is 11.7. The molecule has 0 aliphatic heterocycles. The average molecular weight is 285 g/mol. The predicted molar refractivity (Wildman–Crippen MR) is 74.5 cm³/mol. The number of nitrogens with zero attached hydrogens (tertiary/aromatic N) is 1. The van der Waals surface area contributed by atoms with Crippen LogP contribution in [0.2, 0.25) is 0 Å². The van der Waals surface area contributed by atoms with Crippen molar-refractivity contribution >= 4 is 21.6 Å². The fourth-order valence-electron chi connectivity index (χ4n) is 1.70. The highest BCUT2D eigenvalue weighted by atomic mass is 32.2. The number of rotatable bonds is 6. The van der Waals surface area contributed by atoms with Crippen LogP contribution in [0.1, 0.15) is 19.4 Å². The summed E-state index contributed by atoms with van der Waals surface area (Å²) in [6, 6.07) is 6.39. The Morgan fingerprint density at radius 1 is 1.32 bits per heavy atom. The van der Waals surface area contributed by atoms with Crippen LogP contribution in [-0.4, -0.2) is 31.2 Å². The maximum absolute atomic E-state index is 12.3. The quantitative estimate of drug-likeness (QED) is 0.733. The van der Waals surface area contributed by atoms with Crippen LogP contribution in [0, 0.1) is 0 Å². The van der Waals surface area contributed by atoms with E-state index in [1.165, 1.54) is 0 Å². The van der Waals surface area contributed by atoms with Crippen LogP contribution < -0.4 is 11.5 Å². The van der Waals surface area contributed by atoms with Gasteiger partial charge in [0.1, 0.15) is 0 Å². The molecule has 0 aromatic heterocycles. The van der Waals surface area contributed by atoms with Crippen molar-refractivity contribution in [2.45, 2.75) is 25.6 Å². The summed E-state index contributed by atoms with van der Waals surface area (Å²) in [7, 11) is -3.64. The maximum atomic E-state index is 12.3. The Labute approximate surface area is 113 Å². The van der Waals surface area contributed by atoms with Gasteiger partial charge in [-0.3, -0.25) is 4.79 Å². The lowest BCUT2D eigenvalue weighted by atomic mass is 10.2. The van der Waals surface area contributed by atoms with E-state index in [0.717, 1.165) is 4.31 Å². The number of nitrogens with two attached hydrogens (primary N) is 2. The normalized spacial score (nSPS) is 12.0. The Morgan fingerprint density at radius 3 is 2.37 bits per heavy atom. The zero-order valence-electron chi connectivity index (χ0n) is 11.0. The Bertz CT molecular complexity index is 555. The number of hydrogen-bond acceptors (Lipinski definition) is 4. The van der Waals surface area contributed by atoms with Gasteiger partial charge in [0, 0.05) is 11.7 Å². The maximum Gasteiger partial charge on any atom is 0.232 e. The third kappa shape index (κ3) is 4.22. The molecule has 7 heteroatoms. The fourth-order valence-corrected chi connectivity index (χ4v) is 3.49. The molecule has 1 rings (SSSR count). The standard InChI is InChI=1S/C12H19N3O3S/c1-9(2)15(7-12(14)16)19(17,18)8-10-5-3-4-6-11(10)13/h3-6,9H,7-8,13H2,1-2H3,(H2,14,16). The number of nitrogen functional groups attached to an aromatic ring is 1. The second-order valence-electron chi connectivity index (χ2n) is 4.56. The van der Waals surface area contributed by atoms with Crippen LogP contribution in [0.15, 0.2) is 24.3 Å². The van der Waals surface area contributed by atoms with E-state index in [0.29, 0.717) is 11.3 Å². The van der Waals surface area contributed by atoms with Gasteiger partial charge in [0.2, 0.25) is 15.9 Å². The van der Waals surface area contributed by atoms with Gasteiger partial charge in [0.25, 0.3) is 0 Å². The average Bonchev–Trinajstić information content (AvgIpc) is 2.28. The highest BCUT2D eigenvalue weighted by molar-refractivity contribution is 7.88. The lowest BCUT2D eigenvalue weighted by molar-refractivity contribution is -0.118. The van der Waals surface area contributed by atoms with E-state index >= 15 is 0 Å². The molecule has 0 aliphatic carbocycles. The molecule has 0 radical (unpaired) electrons. The van der Waals surface area contributed by atoms with E-state index in [1.807, 2.05) is 0 Å². The fraction of sp³-hybridized carbons (Fsp3) is 0.417. The first-order valence-corrected chi connectivity index (χ1v) is 7.46. The predicted octanol–water partition coefficient (Wildman–Crippen LogP) is 0.294. The highest BCUT2D eigenvalue weighted by Crippen LogP contribution is 2.18. The van der Waals surface area contributed by atoms with Gasteiger partial charge in [-0.05, 0) is 25.5 Å². The van der Waals surface area contributed by atoms with Gasteiger partial charge in [-0.15, -0.1) is 0 Å². The van der Waals surface area contributed by atoms with Crippen molar-refractivity contribution < 1.29 is 13.2 Å². The number of carbonyl (C=O) groups excluding carboxylic acids is 1. The second-order valence-corrected chi connectivity index (χ2v) is 6.48. The molecule has 0 saturated carbocycles. The third-order valence-electron chi connectivity index (χ3n) is 2.64. The molecule has 6 nitrogen and oxygen atoms in total. The van der Waals surface area contributed by atoms with Gasteiger partial charge in [0.05, 0.1) is 12.3 Å². The summed E-state index contributed by atoms with van der Waals surface area (Å²) in [5, 5.41) is 0. The summed E-state index contributed by atoms with van der Waals surface area (Å²) in [4.78, 5) is 11.0. The molecule has 19 heavy (non-hydrogen) atoms. The van der Waals surface area contributed by atoms with Crippen molar-refractivity contribution in [1.29, 1.82) is 0 Å². The third-order valence-corrected chi connectivity index (χ3v) is 4.58. The summed E-state index contributed by atoms with van der Waals surface area (Å²) in [6.07, 6.45) is 0. The Balaban J connectivity index is 3.02. The molecule has 106 valence electrons. The molecule has 0 aliphatic rings. The number of primary amides is 1. The number of amides is 1. The van der Waals surface area contributed by atoms with E-state index in [1.54, 1.807) is 38.1 Å². The Hall–Kier alpha value is -1.60. The number of carbonyl (C=O) groups is 1. The van der Waals surface area contributed by atoms with Crippen molar-refractivity contribution in [3.63, 3.8) is 0 Å². The second kappa shape index (κ2) is 6.03. The summed E-state index contributed by atoms with van der Waals surface area (Å²) in [6.45, 7) is 3.05. The lowest BCUT2D eigenvalue weighted by Crippen LogP contribution is -2.43. The minimum atomic E-state index is -3.64. The van der Waals surface area contributed by atoms with Crippen LogP contribution in [-0.2, 0) is 20.6 Å². The lowest BCUT2D eigenvalue weighted by Gasteiger charge is -2.24. The molecule has 1 aromatic rings. The first-order valence-electron chi connectivity index (χ1n) is 5.85. The first-order chi connectivity index (χ1) is 8.74. The molecule has 1 amide bonds. The number of sulfonamides is 1. The molecule has 4 N–H and O–H groups in total. The minimum Gasteiger partial charge on any atom is -0.398 e. The molecule has 0 spiro atoms. The number of anilines is 1. The van der Waals surface area contributed by atoms with Gasteiger partial charge in [-0.25, -0.2) is 8.42 Å². The van der Waals surface area contributed by atoms with E-state index in [4.69, 9.17) is 11.5 Å². The van der Waals surface area contributed by atoms with E-state index in [-0.39, 0.29) is 18.3 Å². The largest absolute Gasteiger partial charge is 0.398 e. The molecular weight excluding hydrogens is 266 g/mol. The van der Waals surface area contributed by atoms with Gasteiger partial charge in [-0.2, -0.15) is 4.31 Å². The van der Waals surface area contributed by atoms with Gasteiger partial charge in [-0.1, -0.05) is 18.2 Å². The monoisotopic (exact) mass is 285 g/mol. The minimum absolute atomic E-state index is 0.245. The summed E-state index contributed by atoms with van der Waals surface area (Å²) < 4.78 is 25.7. The van der Waals surface area contributed by atoms with E-state index < -0.39 is 15.9 Å². The van der Waals surface area contributed by atoms with Crippen LogP contribution in [0.3, 0.4) is 0 Å². The summed E-state index contributed by atoms with van der Waals surface area (Å²) >= 11 is 0. The molecule has 0 unspecified atom stereocenters. The van der Waals surface area contributed by atoms with Crippen LogP contribution in [0.5, 0.6) is 0 Å². The number of hydrogen-bond donors (Lipinski definition) is 2. The number of para-hydroxylation sites is 1. The molecule has 0 bridgehead atoms. The van der Waals surface area contributed by atoms with Crippen molar-refractivity contribution in [3.8, 4) is 0 Å². The van der Waals surface area contributed by atoms with Crippen LogP contribution in [0.4, 0.5) is 5.69 Å².